The van der Waals surface area contributed by atoms with E-state index in [1.807, 2.05) is 6.07 Å². The van der Waals surface area contributed by atoms with Crippen molar-refractivity contribution in [2.45, 2.75) is 6.61 Å². The maximum Gasteiger partial charge on any atom is 0.269 e. The first-order valence-electron chi connectivity index (χ1n) is 5.37. The van der Waals surface area contributed by atoms with Gasteiger partial charge in [-0.25, -0.2) is 0 Å². The molecule has 2 N–H and O–H groups in total. The number of hydrogen-bond acceptors (Lipinski definition) is 4. The Bertz CT molecular complexity index is 552. The van der Waals surface area contributed by atoms with Gasteiger partial charge in [-0.3, -0.25) is 10.1 Å². The Balaban J connectivity index is 2.00. The third-order valence-electron chi connectivity index (χ3n) is 2.41. The van der Waals surface area contributed by atoms with Crippen molar-refractivity contribution in [3.05, 3.63) is 64.2 Å². The predicted molar refractivity (Wildman–Crippen MR) is 68.3 cm³/mol. The highest BCUT2D eigenvalue weighted by molar-refractivity contribution is 5.43. The number of hydrogen-bond donors (Lipinski definition) is 1. The second kappa shape index (κ2) is 5.18. The minimum atomic E-state index is -0.428. The number of nitrogen functional groups attached to an aromatic ring is 1. The average molecular weight is 244 g/mol. The van der Waals surface area contributed by atoms with Crippen LogP contribution in [-0.4, -0.2) is 4.92 Å². The van der Waals surface area contributed by atoms with E-state index in [1.165, 1.54) is 12.1 Å². The van der Waals surface area contributed by atoms with Gasteiger partial charge in [0.05, 0.1) is 4.92 Å². The molecular formula is C13H12N2O3. The molecule has 2 rings (SSSR count). The Morgan fingerprint density at radius 1 is 1.17 bits per heavy atom. The molecule has 0 aliphatic carbocycles. The Morgan fingerprint density at radius 3 is 2.50 bits per heavy atom. The van der Waals surface area contributed by atoms with Gasteiger partial charge in [0.25, 0.3) is 5.69 Å². The van der Waals surface area contributed by atoms with Crippen molar-refractivity contribution in [1.82, 2.24) is 0 Å². The fourth-order valence-electron chi connectivity index (χ4n) is 1.48. The number of rotatable bonds is 4. The maximum absolute atomic E-state index is 10.5. The van der Waals surface area contributed by atoms with E-state index in [1.54, 1.807) is 30.3 Å². The molecule has 2 aromatic rings. The summed E-state index contributed by atoms with van der Waals surface area (Å²) in [7, 11) is 0. The van der Waals surface area contributed by atoms with Crippen molar-refractivity contribution < 1.29 is 9.66 Å². The zero-order valence-electron chi connectivity index (χ0n) is 9.58. The SMILES string of the molecule is Nc1cccc(OCc2ccc([N+](=O)[O-])cc2)c1. The van der Waals surface area contributed by atoms with Crippen LogP contribution < -0.4 is 10.5 Å². The summed E-state index contributed by atoms with van der Waals surface area (Å²) in [4.78, 5) is 10.1. The van der Waals surface area contributed by atoms with Crippen molar-refractivity contribution >= 4 is 11.4 Å². The van der Waals surface area contributed by atoms with Crippen LogP contribution >= 0.6 is 0 Å². The molecule has 0 fully saturated rings. The van der Waals surface area contributed by atoms with E-state index >= 15 is 0 Å². The lowest BCUT2D eigenvalue weighted by molar-refractivity contribution is -0.384. The van der Waals surface area contributed by atoms with E-state index < -0.39 is 4.92 Å². The normalized spacial score (nSPS) is 10.0. The molecule has 0 aromatic heterocycles. The summed E-state index contributed by atoms with van der Waals surface area (Å²) in [6.45, 7) is 0.349. The molecule has 0 saturated carbocycles. The molecular weight excluding hydrogens is 232 g/mol. The molecule has 0 unspecified atom stereocenters. The molecule has 5 nitrogen and oxygen atoms in total. The number of nitro groups is 1. The van der Waals surface area contributed by atoms with E-state index in [0.717, 1.165) is 5.56 Å². The fourth-order valence-corrected chi connectivity index (χ4v) is 1.48. The highest BCUT2D eigenvalue weighted by Gasteiger charge is 2.04. The maximum atomic E-state index is 10.5. The standard InChI is InChI=1S/C13H12N2O3/c14-11-2-1-3-13(8-11)18-9-10-4-6-12(7-5-10)15(16)17/h1-8H,9,14H2. The van der Waals surface area contributed by atoms with Crippen molar-refractivity contribution in [2.75, 3.05) is 5.73 Å². The highest BCUT2D eigenvalue weighted by atomic mass is 16.6. The topological polar surface area (TPSA) is 78.4 Å². The van der Waals surface area contributed by atoms with Gasteiger partial charge in [-0.1, -0.05) is 6.07 Å². The number of nitro benzene ring substituents is 1. The van der Waals surface area contributed by atoms with Gasteiger partial charge < -0.3 is 10.5 Å². The van der Waals surface area contributed by atoms with Crippen LogP contribution in [0.5, 0.6) is 5.75 Å². The van der Waals surface area contributed by atoms with Gasteiger partial charge in [-0.05, 0) is 29.8 Å². The molecule has 0 atom stereocenters. The Kier molecular flexibility index (Phi) is 3.43. The number of nitrogens with two attached hydrogens (primary N) is 1. The molecule has 0 aliphatic heterocycles. The minimum Gasteiger partial charge on any atom is -0.489 e. The summed E-state index contributed by atoms with van der Waals surface area (Å²) in [5.41, 5.74) is 7.20. The first-order valence-corrected chi connectivity index (χ1v) is 5.37. The molecule has 0 radical (unpaired) electrons. The van der Waals surface area contributed by atoms with E-state index in [9.17, 15) is 10.1 Å². The van der Waals surface area contributed by atoms with Gasteiger partial charge in [-0.2, -0.15) is 0 Å². The number of ether oxygens (including phenoxy) is 1. The van der Waals surface area contributed by atoms with Crippen molar-refractivity contribution in [1.29, 1.82) is 0 Å². The minimum absolute atomic E-state index is 0.0719. The second-order valence-electron chi connectivity index (χ2n) is 3.78. The molecule has 0 bridgehead atoms. The summed E-state index contributed by atoms with van der Waals surface area (Å²) in [5.74, 6) is 0.674. The first-order chi connectivity index (χ1) is 8.65. The smallest absolute Gasteiger partial charge is 0.269 e. The number of benzene rings is 2. The van der Waals surface area contributed by atoms with E-state index in [2.05, 4.69) is 0 Å². The van der Waals surface area contributed by atoms with Crippen LogP contribution in [0.25, 0.3) is 0 Å². The largest absolute Gasteiger partial charge is 0.489 e. The summed E-state index contributed by atoms with van der Waals surface area (Å²) >= 11 is 0. The van der Waals surface area contributed by atoms with Gasteiger partial charge in [-0.15, -0.1) is 0 Å². The summed E-state index contributed by atoms with van der Waals surface area (Å²) in [5, 5.41) is 10.5. The molecule has 0 saturated heterocycles. The number of non-ortho nitro benzene ring substituents is 1. The van der Waals surface area contributed by atoms with Crippen LogP contribution in [0, 0.1) is 10.1 Å². The molecule has 0 amide bonds. The second-order valence-corrected chi connectivity index (χ2v) is 3.78. The van der Waals surface area contributed by atoms with Crippen LogP contribution in [0.1, 0.15) is 5.56 Å². The molecule has 0 aliphatic rings. The van der Waals surface area contributed by atoms with Gasteiger partial charge >= 0.3 is 0 Å². The Morgan fingerprint density at radius 2 is 1.89 bits per heavy atom. The molecule has 5 heteroatoms. The zero-order chi connectivity index (χ0) is 13.0. The Labute approximate surface area is 104 Å². The van der Waals surface area contributed by atoms with E-state index in [4.69, 9.17) is 10.5 Å². The van der Waals surface area contributed by atoms with Crippen LogP contribution in [0.3, 0.4) is 0 Å². The highest BCUT2D eigenvalue weighted by Crippen LogP contribution is 2.17. The lowest BCUT2D eigenvalue weighted by Crippen LogP contribution is -1.96. The fraction of sp³-hybridized carbons (Fsp3) is 0.0769. The first kappa shape index (κ1) is 11.9. The van der Waals surface area contributed by atoms with Crippen molar-refractivity contribution in [3.8, 4) is 5.75 Å². The van der Waals surface area contributed by atoms with Crippen LogP contribution in [0.15, 0.2) is 48.5 Å². The lowest BCUT2D eigenvalue weighted by atomic mass is 10.2. The third-order valence-corrected chi connectivity index (χ3v) is 2.41. The number of anilines is 1. The van der Waals surface area contributed by atoms with Crippen LogP contribution in [-0.2, 0) is 6.61 Å². The molecule has 0 spiro atoms. The summed E-state index contributed by atoms with van der Waals surface area (Å²) in [6.07, 6.45) is 0. The number of nitrogens with zero attached hydrogens (tertiary/aromatic N) is 1. The summed E-state index contributed by atoms with van der Waals surface area (Å²) in [6, 6.07) is 13.4. The molecule has 0 heterocycles. The van der Waals surface area contributed by atoms with Gasteiger partial charge in [0.15, 0.2) is 0 Å². The lowest BCUT2D eigenvalue weighted by Gasteiger charge is -2.06. The van der Waals surface area contributed by atoms with E-state index in [-0.39, 0.29) is 5.69 Å². The van der Waals surface area contributed by atoms with Gasteiger partial charge in [0.2, 0.25) is 0 Å². The third kappa shape index (κ3) is 2.98. The predicted octanol–water partition coefficient (Wildman–Crippen LogP) is 2.76. The van der Waals surface area contributed by atoms with Crippen molar-refractivity contribution in [3.63, 3.8) is 0 Å². The summed E-state index contributed by atoms with van der Waals surface area (Å²) < 4.78 is 5.52. The van der Waals surface area contributed by atoms with Crippen molar-refractivity contribution in [2.24, 2.45) is 0 Å². The quantitative estimate of drug-likeness (QED) is 0.509. The van der Waals surface area contributed by atoms with Gasteiger partial charge in [0.1, 0.15) is 12.4 Å². The zero-order valence-corrected chi connectivity index (χ0v) is 9.58. The monoisotopic (exact) mass is 244 g/mol. The van der Waals surface area contributed by atoms with E-state index in [0.29, 0.717) is 18.0 Å². The molecule has 92 valence electrons. The molecule has 2 aromatic carbocycles. The molecule has 18 heavy (non-hydrogen) atoms. The Hall–Kier alpha value is -2.56. The van der Waals surface area contributed by atoms with Gasteiger partial charge in [0, 0.05) is 23.9 Å². The average Bonchev–Trinajstić information content (AvgIpc) is 2.37. The van der Waals surface area contributed by atoms with Crippen LogP contribution in [0.4, 0.5) is 11.4 Å². The van der Waals surface area contributed by atoms with Crippen LogP contribution in [0.2, 0.25) is 0 Å².